The molecule has 2 aromatic carbocycles. The highest BCUT2D eigenvalue weighted by atomic mass is 16.5. The topological polar surface area (TPSA) is 77.1 Å². The summed E-state index contributed by atoms with van der Waals surface area (Å²) in [7, 11) is 3.06. The fourth-order valence-electron chi connectivity index (χ4n) is 2.81. The number of fused-ring (bicyclic) bond motifs is 1. The average molecular weight is 356 g/mol. The van der Waals surface area contributed by atoms with E-state index in [1.165, 1.54) is 18.9 Å². The zero-order chi connectivity index (χ0) is 18.7. The molecule has 0 bridgehead atoms. The Hall–Kier alpha value is -3.22. The van der Waals surface area contributed by atoms with Gasteiger partial charge in [0, 0.05) is 18.7 Å². The van der Waals surface area contributed by atoms with Gasteiger partial charge in [0.2, 0.25) is 5.91 Å². The molecule has 7 nitrogen and oxygen atoms in total. The van der Waals surface area contributed by atoms with E-state index in [-0.39, 0.29) is 18.4 Å². The van der Waals surface area contributed by atoms with Crippen LogP contribution in [0.15, 0.2) is 42.5 Å². The number of hydrogen-bond donors (Lipinski definition) is 1. The van der Waals surface area contributed by atoms with Crippen molar-refractivity contribution in [2.24, 2.45) is 0 Å². The first kappa shape index (κ1) is 17.6. The average Bonchev–Trinajstić information content (AvgIpc) is 2.66. The van der Waals surface area contributed by atoms with Crippen molar-refractivity contribution in [1.82, 2.24) is 0 Å². The number of nitrogens with zero attached hydrogens (tertiary/aromatic N) is 1. The van der Waals surface area contributed by atoms with E-state index in [0.717, 1.165) is 0 Å². The fourth-order valence-corrected chi connectivity index (χ4v) is 2.81. The first-order valence-corrected chi connectivity index (χ1v) is 8.10. The molecule has 2 aromatic rings. The number of nitrogens with one attached hydrogen (secondary N) is 1. The van der Waals surface area contributed by atoms with Gasteiger partial charge in [0.15, 0.2) is 17.6 Å². The van der Waals surface area contributed by atoms with E-state index in [1.807, 2.05) is 6.07 Å². The first-order chi connectivity index (χ1) is 12.5. The summed E-state index contributed by atoms with van der Waals surface area (Å²) in [5.41, 5.74) is 1.21. The number of hydrogen-bond acceptors (Lipinski definition) is 5. The van der Waals surface area contributed by atoms with Crippen molar-refractivity contribution < 1.29 is 23.8 Å². The minimum atomic E-state index is -0.818. The van der Waals surface area contributed by atoms with Gasteiger partial charge in [-0.25, -0.2) is 0 Å². The highest BCUT2D eigenvalue weighted by Gasteiger charge is 2.32. The van der Waals surface area contributed by atoms with Crippen LogP contribution in [0.3, 0.4) is 0 Å². The summed E-state index contributed by atoms with van der Waals surface area (Å²) in [4.78, 5) is 26.1. The Morgan fingerprint density at radius 3 is 2.54 bits per heavy atom. The Morgan fingerprint density at radius 1 is 1.12 bits per heavy atom. The highest BCUT2D eigenvalue weighted by molar-refractivity contribution is 5.99. The molecule has 26 heavy (non-hydrogen) atoms. The molecule has 0 aromatic heterocycles. The van der Waals surface area contributed by atoms with Crippen LogP contribution < -0.4 is 24.4 Å². The first-order valence-electron chi connectivity index (χ1n) is 8.10. The summed E-state index contributed by atoms with van der Waals surface area (Å²) in [6, 6.07) is 12.2. The van der Waals surface area contributed by atoms with Crippen molar-refractivity contribution in [3.8, 4) is 17.2 Å². The minimum Gasteiger partial charge on any atom is -0.493 e. The molecule has 0 saturated heterocycles. The smallest absolute Gasteiger partial charge is 0.267 e. The second-order valence-corrected chi connectivity index (χ2v) is 5.76. The zero-order valence-electron chi connectivity index (χ0n) is 14.8. The van der Waals surface area contributed by atoms with Gasteiger partial charge in [0.05, 0.1) is 26.5 Å². The standard InChI is InChI=1S/C19H20N2O5/c1-12(22)21-11-18(26-15-7-5-4-6-14(15)21)19(23)20-13-8-9-16(24-2)17(10-13)25-3/h4-10,18H,11H2,1-3H3,(H,20,23)/t18-/m0/s1. The van der Waals surface area contributed by atoms with E-state index in [4.69, 9.17) is 14.2 Å². The predicted octanol–water partition coefficient (Wildman–Crippen LogP) is 2.46. The van der Waals surface area contributed by atoms with Crippen molar-refractivity contribution in [1.29, 1.82) is 0 Å². The van der Waals surface area contributed by atoms with E-state index in [0.29, 0.717) is 28.6 Å². The third-order valence-corrected chi connectivity index (χ3v) is 4.10. The van der Waals surface area contributed by atoms with Gasteiger partial charge < -0.3 is 24.4 Å². The van der Waals surface area contributed by atoms with Gasteiger partial charge in [-0.1, -0.05) is 12.1 Å². The van der Waals surface area contributed by atoms with Gasteiger partial charge >= 0.3 is 0 Å². The number of rotatable bonds is 4. The molecule has 1 atom stereocenters. The number of benzene rings is 2. The van der Waals surface area contributed by atoms with Gasteiger partial charge in [0.1, 0.15) is 5.75 Å². The van der Waals surface area contributed by atoms with Crippen molar-refractivity contribution in [3.05, 3.63) is 42.5 Å². The van der Waals surface area contributed by atoms with Crippen LogP contribution in [0.25, 0.3) is 0 Å². The molecule has 0 unspecified atom stereocenters. The molecule has 1 aliphatic heterocycles. The zero-order valence-corrected chi connectivity index (χ0v) is 14.8. The monoisotopic (exact) mass is 356 g/mol. The van der Waals surface area contributed by atoms with Crippen LogP contribution >= 0.6 is 0 Å². The lowest BCUT2D eigenvalue weighted by Gasteiger charge is -2.33. The number of para-hydroxylation sites is 2. The number of ether oxygens (including phenoxy) is 3. The SMILES string of the molecule is COc1ccc(NC(=O)[C@@H]2CN(C(C)=O)c3ccccc3O2)cc1OC. The maximum Gasteiger partial charge on any atom is 0.267 e. The van der Waals surface area contributed by atoms with Gasteiger partial charge in [-0.3, -0.25) is 9.59 Å². The number of anilines is 2. The third-order valence-electron chi connectivity index (χ3n) is 4.10. The van der Waals surface area contributed by atoms with E-state index < -0.39 is 6.10 Å². The quantitative estimate of drug-likeness (QED) is 0.911. The van der Waals surface area contributed by atoms with Gasteiger partial charge in [0.25, 0.3) is 5.91 Å². The molecular weight excluding hydrogens is 336 g/mol. The van der Waals surface area contributed by atoms with E-state index in [9.17, 15) is 9.59 Å². The molecule has 3 rings (SSSR count). The largest absolute Gasteiger partial charge is 0.493 e. The molecule has 1 heterocycles. The Kier molecular flexibility index (Phi) is 4.97. The van der Waals surface area contributed by atoms with Gasteiger partial charge in [-0.05, 0) is 24.3 Å². The maximum atomic E-state index is 12.7. The molecule has 1 aliphatic rings. The molecule has 0 fully saturated rings. The molecule has 0 spiro atoms. The molecule has 0 aliphatic carbocycles. The normalized spacial score (nSPS) is 15.5. The Bertz CT molecular complexity index is 836. The highest BCUT2D eigenvalue weighted by Crippen LogP contribution is 2.34. The Morgan fingerprint density at radius 2 is 1.85 bits per heavy atom. The minimum absolute atomic E-state index is 0.144. The molecule has 0 radical (unpaired) electrons. The lowest BCUT2D eigenvalue weighted by Crippen LogP contribution is -2.48. The van der Waals surface area contributed by atoms with E-state index >= 15 is 0 Å². The fraction of sp³-hybridized carbons (Fsp3) is 0.263. The van der Waals surface area contributed by atoms with Crippen molar-refractivity contribution in [3.63, 3.8) is 0 Å². The lowest BCUT2D eigenvalue weighted by molar-refractivity contribution is -0.123. The number of methoxy groups -OCH3 is 2. The van der Waals surface area contributed by atoms with E-state index in [2.05, 4.69) is 5.32 Å². The van der Waals surface area contributed by atoms with Crippen LogP contribution in [-0.2, 0) is 9.59 Å². The number of carbonyl (C=O) groups is 2. The Balaban J connectivity index is 1.79. The third kappa shape index (κ3) is 3.42. The number of carbonyl (C=O) groups excluding carboxylic acids is 2. The predicted molar refractivity (Wildman–Crippen MR) is 97.1 cm³/mol. The van der Waals surface area contributed by atoms with E-state index in [1.54, 1.807) is 43.5 Å². The molecule has 0 saturated carbocycles. The number of amides is 2. The lowest BCUT2D eigenvalue weighted by atomic mass is 10.1. The van der Waals surface area contributed by atoms with Crippen LogP contribution in [0.4, 0.5) is 11.4 Å². The molecule has 1 N–H and O–H groups in total. The summed E-state index contributed by atoms with van der Waals surface area (Å²) in [5.74, 6) is 1.07. The van der Waals surface area contributed by atoms with Crippen LogP contribution in [0, 0.1) is 0 Å². The summed E-state index contributed by atoms with van der Waals surface area (Å²) < 4.78 is 16.2. The summed E-state index contributed by atoms with van der Waals surface area (Å²) >= 11 is 0. The summed E-state index contributed by atoms with van der Waals surface area (Å²) in [6.07, 6.45) is -0.818. The summed E-state index contributed by atoms with van der Waals surface area (Å²) in [5, 5.41) is 2.79. The maximum absolute atomic E-state index is 12.7. The van der Waals surface area contributed by atoms with Crippen LogP contribution in [0.5, 0.6) is 17.2 Å². The van der Waals surface area contributed by atoms with Crippen LogP contribution in [0.2, 0.25) is 0 Å². The Labute approximate surface area is 151 Å². The van der Waals surface area contributed by atoms with Crippen molar-refractivity contribution >= 4 is 23.2 Å². The van der Waals surface area contributed by atoms with Gasteiger partial charge in [-0.2, -0.15) is 0 Å². The van der Waals surface area contributed by atoms with Crippen molar-refractivity contribution in [2.45, 2.75) is 13.0 Å². The van der Waals surface area contributed by atoms with Crippen LogP contribution in [0.1, 0.15) is 6.92 Å². The molecule has 2 amide bonds. The second kappa shape index (κ2) is 7.35. The molecular formula is C19H20N2O5. The molecule has 136 valence electrons. The summed E-state index contributed by atoms with van der Waals surface area (Å²) in [6.45, 7) is 1.61. The van der Waals surface area contributed by atoms with Crippen molar-refractivity contribution in [2.75, 3.05) is 31.0 Å². The van der Waals surface area contributed by atoms with Crippen LogP contribution in [-0.4, -0.2) is 38.7 Å². The molecule has 7 heteroatoms. The second-order valence-electron chi connectivity index (χ2n) is 5.76. The van der Waals surface area contributed by atoms with Gasteiger partial charge in [-0.15, -0.1) is 0 Å².